The number of nitrogens with one attached hydrogen (secondary N) is 2. The molecule has 0 saturated heterocycles. The molecule has 0 radical (unpaired) electrons. The van der Waals surface area contributed by atoms with Crippen molar-refractivity contribution in [3.8, 4) is 0 Å². The lowest BCUT2D eigenvalue weighted by Gasteiger charge is -2.20. The lowest BCUT2D eigenvalue weighted by molar-refractivity contribution is 0.326. The minimum Gasteiger partial charge on any atom is -0.373 e. The van der Waals surface area contributed by atoms with E-state index in [0.717, 1.165) is 18.2 Å². The normalized spacial score (nSPS) is 12.6. The van der Waals surface area contributed by atoms with Gasteiger partial charge < -0.3 is 15.5 Å². The zero-order valence-corrected chi connectivity index (χ0v) is 9.78. The van der Waals surface area contributed by atoms with Gasteiger partial charge in [-0.2, -0.15) is 0 Å². The Morgan fingerprint density at radius 3 is 2.60 bits per heavy atom. The molecule has 0 fully saturated rings. The number of rotatable bonds is 5. The molecule has 1 rings (SSSR count). The molecule has 0 bridgehead atoms. The summed E-state index contributed by atoms with van der Waals surface area (Å²) in [6, 6.07) is 2.36. The van der Waals surface area contributed by atoms with Crippen LogP contribution in [0.2, 0.25) is 0 Å². The lowest BCUT2D eigenvalue weighted by atomic mass is 10.3. The van der Waals surface area contributed by atoms with Crippen LogP contribution in [0.25, 0.3) is 0 Å². The van der Waals surface area contributed by atoms with Crippen molar-refractivity contribution in [2.24, 2.45) is 0 Å². The predicted molar refractivity (Wildman–Crippen MR) is 63.2 cm³/mol. The third-order valence-electron chi connectivity index (χ3n) is 2.38. The SMILES string of the molecule is CNc1cc(NCC(C)N(C)C)ncn1. The summed E-state index contributed by atoms with van der Waals surface area (Å²) in [5, 5.41) is 6.24. The van der Waals surface area contributed by atoms with Gasteiger partial charge >= 0.3 is 0 Å². The van der Waals surface area contributed by atoms with Crippen LogP contribution in [0.3, 0.4) is 0 Å². The molecule has 0 aliphatic rings. The maximum Gasteiger partial charge on any atom is 0.131 e. The summed E-state index contributed by atoms with van der Waals surface area (Å²) < 4.78 is 0. The molecule has 0 amide bonds. The summed E-state index contributed by atoms with van der Waals surface area (Å²) in [6.07, 6.45) is 1.55. The van der Waals surface area contributed by atoms with Crippen LogP contribution in [-0.2, 0) is 0 Å². The second-order valence-electron chi connectivity index (χ2n) is 3.73. The minimum atomic E-state index is 0.470. The number of likely N-dealkylation sites (N-methyl/N-ethyl adjacent to an activating group) is 1. The van der Waals surface area contributed by atoms with Gasteiger partial charge in [0.05, 0.1) is 0 Å². The van der Waals surface area contributed by atoms with E-state index in [1.54, 1.807) is 6.33 Å². The minimum absolute atomic E-state index is 0.470. The molecule has 0 aromatic carbocycles. The zero-order chi connectivity index (χ0) is 11.3. The third-order valence-corrected chi connectivity index (χ3v) is 2.38. The summed E-state index contributed by atoms with van der Waals surface area (Å²) in [5.74, 6) is 1.67. The molecule has 0 saturated carbocycles. The standard InChI is InChI=1S/C10H19N5/c1-8(15(3)4)6-12-10-5-9(11-2)13-7-14-10/h5,7-8H,6H2,1-4H3,(H2,11,12,13,14). The van der Waals surface area contributed by atoms with Crippen LogP contribution in [0, 0.1) is 0 Å². The fourth-order valence-electron chi connectivity index (χ4n) is 1.03. The molecule has 5 heteroatoms. The fraction of sp³-hybridized carbons (Fsp3) is 0.600. The van der Waals surface area contributed by atoms with Crippen molar-refractivity contribution in [2.75, 3.05) is 38.3 Å². The molecular weight excluding hydrogens is 190 g/mol. The van der Waals surface area contributed by atoms with Crippen LogP contribution < -0.4 is 10.6 Å². The Kier molecular flexibility index (Phi) is 4.30. The van der Waals surface area contributed by atoms with E-state index in [2.05, 4.69) is 46.5 Å². The molecule has 5 nitrogen and oxygen atoms in total. The summed E-state index contributed by atoms with van der Waals surface area (Å²) in [7, 11) is 5.96. The monoisotopic (exact) mass is 209 g/mol. The quantitative estimate of drug-likeness (QED) is 0.754. The molecule has 2 N–H and O–H groups in total. The van der Waals surface area contributed by atoms with Gasteiger partial charge in [0.15, 0.2) is 0 Å². The first-order valence-corrected chi connectivity index (χ1v) is 5.03. The maximum absolute atomic E-state index is 4.14. The van der Waals surface area contributed by atoms with Gasteiger partial charge in [0, 0.05) is 25.7 Å². The van der Waals surface area contributed by atoms with Crippen molar-refractivity contribution in [3.63, 3.8) is 0 Å². The van der Waals surface area contributed by atoms with Crippen LogP contribution in [0.1, 0.15) is 6.92 Å². The van der Waals surface area contributed by atoms with E-state index < -0.39 is 0 Å². The van der Waals surface area contributed by atoms with Crippen molar-refractivity contribution in [3.05, 3.63) is 12.4 Å². The Balaban J connectivity index is 2.50. The van der Waals surface area contributed by atoms with Gasteiger partial charge in [-0.1, -0.05) is 0 Å². The zero-order valence-electron chi connectivity index (χ0n) is 9.78. The fourth-order valence-corrected chi connectivity index (χ4v) is 1.03. The highest BCUT2D eigenvalue weighted by molar-refractivity contribution is 5.45. The van der Waals surface area contributed by atoms with E-state index in [1.165, 1.54) is 0 Å². The van der Waals surface area contributed by atoms with E-state index in [0.29, 0.717) is 6.04 Å². The number of anilines is 2. The molecular formula is C10H19N5. The molecule has 1 aromatic rings. The maximum atomic E-state index is 4.14. The first-order chi connectivity index (χ1) is 7.13. The number of nitrogens with zero attached hydrogens (tertiary/aromatic N) is 3. The van der Waals surface area contributed by atoms with Crippen molar-refractivity contribution in [2.45, 2.75) is 13.0 Å². The van der Waals surface area contributed by atoms with Gasteiger partial charge in [0.25, 0.3) is 0 Å². The highest BCUT2D eigenvalue weighted by atomic mass is 15.1. The Bertz CT molecular complexity index is 300. The van der Waals surface area contributed by atoms with Gasteiger partial charge in [-0.25, -0.2) is 9.97 Å². The van der Waals surface area contributed by atoms with Gasteiger partial charge in [-0.05, 0) is 21.0 Å². The summed E-state index contributed by atoms with van der Waals surface area (Å²) in [5.41, 5.74) is 0. The Morgan fingerprint density at radius 1 is 1.33 bits per heavy atom. The molecule has 0 aliphatic heterocycles. The van der Waals surface area contributed by atoms with Gasteiger partial charge in [-0.15, -0.1) is 0 Å². The highest BCUT2D eigenvalue weighted by Gasteiger charge is 2.04. The van der Waals surface area contributed by atoms with Crippen LogP contribution >= 0.6 is 0 Å². The smallest absolute Gasteiger partial charge is 0.131 e. The van der Waals surface area contributed by atoms with E-state index >= 15 is 0 Å². The summed E-state index contributed by atoms with van der Waals surface area (Å²) >= 11 is 0. The third kappa shape index (κ3) is 3.71. The predicted octanol–water partition coefficient (Wildman–Crippen LogP) is 0.880. The van der Waals surface area contributed by atoms with Crippen LogP contribution in [0.5, 0.6) is 0 Å². The average Bonchev–Trinajstić information content (AvgIpc) is 2.26. The first-order valence-electron chi connectivity index (χ1n) is 5.03. The topological polar surface area (TPSA) is 53.1 Å². The van der Waals surface area contributed by atoms with Crippen LogP contribution in [0.15, 0.2) is 12.4 Å². The van der Waals surface area contributed by atoms with Crippen molar-refractivity contribution < 1.29 is 0 Å². The Labute approximate surface area is 90.9 Å². The van der Waals surface area contributed by atoms with Gasteiger partial charge in [-0.3, -0.25) is 0 Å². The Morgan fingerprint density at radius 2 is 2.00 bits per heavy atom. The highest BCUT2D eigenvalue weighted by Crippen LogP contribution is 2.07. The van der Waals surface area contributed by atoms with Crippen molar-refractivity contribution >= 4 is 11.6 Å². The molecule has 1 heterocycles. The van der Waals surface area contributed by atoms with Crippen LogP contribution in [0.4, 0.5) is 11.6 Å². The second-order valence-corrected chi connectivity index (χ2v) is 3.73. The molecule has 0 aliphatic carbocycles. The number of hydrogen-bond donors (Lipinski definition) is 2. The van der Waals surface area contributed by atoms with Crippen LogP contribution in [-0.4, -0.2) is 48.6 Å². The number of aromatic nitrogens is 2. The molecule has 1 atom stereocenters. The van der Waals surface area contributed by atoms with E-state index in [-0.39, 0.29) is 0 Å². The second kappa shape index (κ2) is 5.50. The van der Waals surface area contributed by atoms with E-state index in [9.17, 15) is 0 Å². The first kappa shape index (κ1) is 11.7. The lowest BCUT2D eigenvalue weighted by Crippen LogP contribution is -2.31. The number of hydrogen-bond acceptors (Lipinski definition) is 5. The molecule has 1 aromatic heterocycles. The van der Waals surface area contributed by atoms with Gasteiger partial charge in [0.2, 0.25) is 0 Å². The largest absolute Gasteiger partial charge is 0.373 e. The molecule has 1 unspecified atom stereocenters. The van der Waals surface area contributed by atoms with Gasteiger partial charge in [0.1, 0.15) is 18.0 Å². The molecule has 15 heavy (non-hydrogen) atoms. The summed E-state index contributed by atoms with van der Waals surface area (Å²) in [4.78, 5) is 10.3. The molecule has 84 valence electrons. The van der Waals surface area contributed by atoms with Crippen molar-refractivity contribution in [1.29, 1.82) is 0 Å². The van der Waals surface area contributed by atoms with Crippen molar-refractivity contribution in [1.82, 2.24) is 14.9 Å². The average molecular weight is 209 g/mol. The van der Waals surface area contributed by atoms with E-state index in [1.807, 2.05) is 13.1 Å². The summed E-state index contributed by atoms with van der Waals surface area (Å²) in [6.45, 7) is 3.03. The molecule has 0 spiro atoms. The Hall–Kier alpha value is -1.36. The van der Waals surface area contributed by atoms with E-state index in [4.69, 9.17) is 0 Å².